The van der Waals surface area contributed by atoms with Crippen molar-refractivity contribution in [2.24, 2.45) is 5.73 Å². The van der Waals surface area contributed by atoms with E-state index in [2.05, 4.69) is 55.8 Å². The molecule has 0 fully saturated rings. The Balaban J connectivity index is 2.55. The SMILES string of the molecule is Cc1ccc(C)c(C(C)(N)c2ccsc2)c1. The predicted molar refractivity (Wildman–Crippen MR) is 70.9 cm³/mol. The van der Waals surface area contributed by atoms with Crippen LogP contribution in [0.2, 0.25) is 0 Å². The third-order valence-electron chi connectivity index (χ3n) is 3.07. The summed E-state index contributed by atoms with van der Waals surface area (Å²) in [5, 5.41) is 4.20. The van der Waals surface area contributed by atoms with Crippen LogP contribution >= 0.6 is 11.3 Å². The normalized spacial score (nSPS) is 14.8. The number of aryl methyl sites for hydroxylation is 2. The van der Waals surface area contributed by atoms with Crippen molar-refractivity contribution in [2.75, 3.05) is 0 Å². The molecule has 1 nitrogen and oxygen atoms in total. The van der Waals surface area contributed by atoms with Gasteiger partial charge in [0.05, 0.1) is 5.54 Å². The summed E-state index contributed by atoms with van der Waals surface area (Å²) in [5.41, 5.74) is 11.0. The maximum absolute atomic E-state index is 6.48. The number of hydrogen-bond acceptors (Lipinski definition) is 2. The molecule has 2 rings (SSSR count). The van der Waals surface area contributed by atoms with Gasteiger partial charge in [-0.05, 0) is 54.3 Å². The molecule has 1 aromatic carbocycles. The second kappa shape index (κ2) is 4.04. The lowest BCUT2D eigenvalue weighted by Gasteiger charge is -2.27. The minimum absolute atomic E-state index is 0.393. The van der Waals surface area contributed by atoms with Gasteiger partial charge in [0.15, 0.2) is 0 Å². The smallest absolute Gasteiger partial charge is 0.0647 e. The van der Waals surface area contributed by atoms with E-state index in [1.54, 1.807) is 11.3 Å². The van der Waals surface area contributed by atoms with Crippen molar-refractivity contribution >= 4 is 11.3 Å². The van der Waals surface area contributed by atoms with Gasteiger partial charge in [-0.25, -0.2) is 0 Å². The monoisotopic (exact) mass is 231 g/mol. The lowest BCUT2D eigenvalue weighted by Crippen LogP contribution is -2.34. The topological polar surface area (TPSA) is 26.0 Å². The standard InChI is InChI=1S/C14H17NS/c1-10-4-5-11(2)13(8-10)14(3,15)12-6-7-16-9-12/h4-9H,15H2,1-3H3. The number of benzene rings is 1. The Morgan fingerprint density at radius 2 is 1.94 bits per heavy atom. The van der Waals surface area contributed by atoms with E-state index in [9.17, 15) is 0 Å². The summed E-state index contributed by atoms with van der Waals surface area (Å²) in [7, 11) is 0. The Bertz CT molecular complexity index is 483. The summed E-state index contributed by atoms with van der Waals surface area (Å²) in [5.74, 6) is 0. The number of rotatable bonds is 2. The van der Waals surface area contributed by atoms with Gasteiger partial charge >= 0.3 is 0 Å². The first kappa shape index (κ1) is 11.4. The van der Waals surface area contributed by atoms with Crippen LogP contribution in [0.25, 0.3) is 0 Å². The van der Waals surface area contributed by atoms with Crippen LogP contribution in [0.5, 0.6) is 0 Å². The predicted octanol–water partition coefficient (Wildman–Crippen LogP) is 3.59. The fourth-order valence-corrected chi connectivity index (χ4v) is 2.78. The van der Waals surface area contributed by atoms with E-state index in [-0.39, 0.29) is 0 Å². The fourth-order valence-electron chi connectivity index (χ4n) is 2.01. The first-order valence-electron chi connectivity index (χ1n) is 5.41. The highest BCUT2D eigenvalue weighted by molar-refractivity contribution is 7.08. The molecule has 1 heterocycles. The van der Waals surface area contributed by atoms with Crippen LogP contribution in [0.15, 0.2) is 35.0 Å². The van der Waals surface area contributed by atoms with Gasteiger partial charge in [-0.15, -0.1) is 0 Å². The van der Waals surface area contributed by atoms with Gasteiger partial charge in [-0.2, -0.15) is 11.3 Å². The van der Waals surface area contributed by atoms with Crippen molar-refractivity contribution in [3.8, 4) is 0 Å². The van der Waals surface area contributed by atoms with Gasteiger partial charge < -0.3 is 5.73 Å². The molecule has 0 aliphatic rings. The highest BCUT2D eigenvalue weighted by Crippen LogP contribution is 2.30. The van der Waals surface area contributed by atoms with E-state index in [1.165, 1.54) is 22.3 Å². The molecule has 0 radical (unpaired) electrons. The van der Waals surface area contributed by atoms with Crippen LogP contribution < -0.4 is 5.73 Å². The molecular formula is C14H17NS. The lowest BCUT2D eigenvalue weighted by molar-refractivity contribution is 0.601. The Kier molecular flexibility index (Phi) is 2.87. The van der Waals surface area contributed by atoms with Crippen molar-refractivity contribution in [3.05, 3.63) is 57.3 Å². The summed E-state index contributed by atoms with van der Waals surface area (Å²) in [6.07, 6.45) is 0. The number of hydrogen-bond donors (Lipinski definition) is 1. The summed E-state index contributed by atoms with van der Waals surface area (Å²) in [4.78, 5) is 0. The molecule has 0 saturated carbocycles. The van der Waals surface area contributed by atoms with E-state index >= 15 is 0 Å². The maximum Gasteiger partial charge on any atom is 0.0647 e. The largest absolute Gasteiger partial charge is 0.318 e. The summed E-state index contributed by atoms with van der Waals surface area (Å²) < 4.78 is 0. The van der Waals surface area contributed by atoms with Gasteiger partial charge in [0.1, 0.15) is 0 Å². The van der Waals surface area contributed by atoms with Crippen LogP contribution in [0.4, 0.5) is 0 Å². The molecule has 1 aromatic heterocycles. The van der Waals surface area contributed by atoms with Crippen LogP contribution in [0.1, 0.15) is 29.2 Å². The van der Waals surface area contributed by atoms with Crippen molar-refractivity contribution in [1.29, 1.82) is 0 Å². The highest BCUT2D eigenvalue weighted by atomic mass is 32.1. The van der Waals surface area contributed by atoms with Gasteiger partial charge in [0.2, 0.25) is 0 Å². The van der Waals surface area contributed by atoms with Crippen LogP contribution in [-0.4, -0.2) is 0 Å². The third kappa shape index (κ3) is 1.91. The summed E-state index contributed by atoms with van der Waals surface area (Å²) >= 11 is 1.69. The van der Waals surface area contributed by atoms with E-state index < -0.39 is 5.54 Å². The van der Waals surface area contributed by atoms with E-state index in [1.807, 2.05) is 0 Å². The minimum Gasteiger partial charge on any atom is -0.318 e. The second-order valence-electron chi connectivity index (χ2n) is 4.53. The highest BCUT2D eigenvalue weighted by Gasteiger charge is 2.25. The van der Waals surface area contributed by atoms with Gasteiger partial charge in [-0.3, -0.25) is 0 Å². The molecule has 0 aliphatic heterocycles. The Morgan fingerprint density at radius 3 is 2.56 bits per heavy atom. The number of nitrogens with two attached hydrogens (primary N) is 1. The summed E-state index contributed by atoms with van der Waals surface area (Å²) in [6.45, 7) is 6.30. The molecule has 0 amide bonds. The molecule has 1 unspecified atom stereocenters. The van der Waals surface area contributed by atoms with Crippen LogP contribution in [-0.2, 0) is 5.54 Å². The van der Waals surface area contributed by atoms with E-state index in [0.717, 1.165) is 0 Å². The second-order valence-corrected chi connectivity index (χ2v) is 5.31. The van der Waals surface area contributed by atoms with Crippen molar-refractivity contribution in [3.63, 3.8) is 0 Å². The molecule has 2 aromatic rings. The Morgan fingerprint density at radius 1 is 1.19 bits per heavy atom. The van der Waals surface area contributed by atoms with Crippen molar-refractivity contribution < 1.29 is 0 Å². The van der Waals surface area contributed by atoms with E-state index in [4.69, 9.17) is 5.73 Å². The van der Waals surface area contributed by atoms with Crippen molar-refractivity contribution in [1.82, 2.24) is 0 Å². The number of thiophene rings is 1. The fraction of sp³-hybridized carbons (Fsp3) is 0.286. The average molecular weight is 231 g/mol. The molecule has 0 spiro atoms. The molecule has 0 bridgehead atoms. The van der Waals surface area contributed by atoms with Crippen molar-refractivity contribution in [2.45, 2.75) is 26.3 Å². The Labute approximate surface area is 101 Å². The molecule has 0 aliphatic carbocycles. The molecule has 84 valence electrons. The molecule has 1 atom stereocenters. The van der Waals surface area contributed by atoms with Crippen LogP contribution in [0, 0.1) is 13.8 Å². The summed E-state index contributed by atoms with van der Waals surface area (Å²) in [6, 6.07) is 8.56. The van der Waals surface area contributed by atoms with Gasteiger partial charge in [0.25, 0.3) is 0 Å². The molecule has 16 heavy (non-hydrogen) atoms. The zero-order chi connectivity index (χ0) is 11.8. The zero-order valence-corrected chi connectivity index (χ0v) is 10.8. The zero-order valence-electron chi connectivity index (χ0n) is 9.95. The quantitative estimate of drug-likeness (QED) is 0.840. The van der Waals surface area contributed by atoms with Crippen LogP contribution in [0.3, 0.4) is 0 Å². The molecular weight excluding hydrogens is 214 g/mol. The Hall–Kier alpha value is -1.12. The lowest BCUT2D eigenvalue weighted by atomic mass is 9.84. The first-order valence-corrected chi connectivity index (χ1v) is 6.35. The van der Waals surface area contributed by atoms with Gasteiger partial charge in [0, 0.05) is 0 Å². The first-order chi connectivity index (χ1) is 7.51. The average Bonchev–Trinajstić information content (AvgIpc) is 2.75. The molecule has 0 saturated heterocycles. The molecule has 2 heteroatoms. The maximum atomic E-state index is 6.48. The van der Waals surface area contributed by atoms with E-state index in [0.29, 0.717) is 0 Å². The third-order valence-corrected chi connectivity index (χ3v) is 3.76. The van der Waals surface area contributed by atoms with Gasteiger partial charge in [-0.1, -0.05) is 23.8 Å². The molecule has 2 N–H and O–H groups in total. The minimum atomic E-state index is -0.393.